The number of rotatable bonds is 3. The van der Waals surface area contributed by atoms with E-state index in [4.69, 9.17) is 0 Å². The first-order chi connectivity index (χ1) is 11.0. The molecule has 23 heavy (non-hydrogen) atoms. The Hall–Kier alpha value is -2.27. The largest absolute Gasteiger partial charge is 0.318 e. The van der Waals surface area contributed by atoms with Gasteiger partial charge in [0.2, 0.25) is 0 Å². The van der Waals surface area contributed by atoms with Crippen LogP contribution in [0.15, 0.2) is 35.2 Å². The van der Waals surface area contributed by atoms with Crippen molar-refractivity contribution in [2.24, 2.45) is 0 Å². The summed E-state index contributed by atoms with van der Waals surface area (Å²) in [4.78, 5) is 23.4. The summed E-state index contributed by atoms with van der Waals surface area (Å²) >= 11 is 0.945. The SMILES string of the molecule is CCc1ccc(-n2c(C)cc(/C=C3/SC(=O)NC3=O)c2C)cc1. The van der Waals surface area contributed by atoms with Crippen molar-refractivity contribution in [3.63, 3.8) is 0 Å². The summed E-state index contributed by atoms with van der Waals surface area (Å²) in [5.74, 6) is -0.322. The van der Waals surface area contributed by atoms with Gasteiger partial charge in [-0.15, -0.1) is 0 Å². The molecule has 1 fully saturated rings. The summed E-state index contributed by atoms with van der Waals surface area (Å²) < 4.78 is 2.16. The van der Waals surface area contributed by atoms with Crippen LogP contribution in [0.5, 0.6) is 0 Å². The summed E-state index contributed by atoms with van der Waals surface area (Å²) in [5.41, 5.74) is 5.49. The molecular weight excluding hydrogens is 308 g/mol. The van der Waals surface area contributed by atoms with Crippen molar-refractivity contribution in [3.05, 3.63) is 57.8 Å². The zero-order valence-corrected chi connectivity index (χ0v) is 14.2. The Morgan fingerprint density at radius 1 is 1.17 bits per heavy atom. The van der Waals surface area contributed by atoms with Crippen molar-refractivity contribution >= 4 is 29.0 Å². The summed E-state index contributed by atoms with van der Waals surface area (Å²) in [6.45, 7) is 6.19. The van der Waals surface area contributed by atoms with E-state index in [1.54, 1.807) is 6.08 Å². The number of carbonyl (C=O) groups is 2. The van der Waals surface area contributed by atoms with Crippen LogP contribution in [0.25, 0.3) is 11.8 Å². The fourth-order valence-electron chi connectivity index (χ4n) is 2.77. The predicted molar refractivity (Wildman–Crippen MR) is 93.7 cm³/mol. The topological polar surface area (TPSA) is 51.1 Å². The van der Waals surface area contributed by atoms with Crippen molar-refractivity contribution in [1.29, 1.82) is 0 Å². The van der Waals surface area contributed by atoms with Crippen LogP contribution in [-0.4, -0.2) is 15.7 Å². The second-order valence-corrected chi connectivity index (χ2v) is 6.55. The van der Waals surface area contributed by atoms with Gasteiger partial charge in [-0.3, -0.25) is 14.9 Å². The Kier molecular flexibility index (Phi) is 4.13. The number of amides is 2. The highest BCUT2D eigenvalue weighted by Crippen LogP contribution is 2.29. The van der Waals surface area contributed by atoms with Crippen LogP contribution in [-0.2, 0) is 11.2 Å². The maximum Gasteiger partial charge on any atom is 0.290 e. The second kappa shape index (κ2) is 6.08. The van der Waals surface area contributed by atoms with Crippen molar-refractivity contribution < 1.29 is 9.59 Å². The van der Waals surface area contributed by atoms with Gasteiger partial charge in [0, 0.05) is 17.1 Å². The van der Waals surface area contributed by atoms with E-state index in [0.717, 1.165) is 40.8 Å². The molecule has 0 unspecified atom stereocenters. The molecule has 4 nitrogen and oxygen atoms in total. The van der Waals surface area contributed by atoms with Gasteiger partial charge < -0.3 is 4.57 Å². The minimum Gasteiger partial charge on any atom is -0.318 e. The summed E-state index contributed by atoms with van der Waals surface area (Å²) in [6, 6.07) is 10.5. The van der Waals surface area contributed by atoms with Crippen molar-refractivity contribution in [2.75, 3.05) is 0 Å². The molecule has 1 aliphatic heterocycles. The van der Waals surface area contributed by atoms with Crippen LogP contribution in [0.4, 0.5) is 4.79 Å². The molecule has 5 heteroatoms. The normalized spacial score (nSPS) is 16.2. The quantitative estimate of drug-likeness (QED) is 0.868. The minimum absolute atomic E-state index is 0.315. The molecule has 0 radical (unpaired) electrons. The van der Waals surface area contributed by atoms with Crippen LogP contribution in [0, 0.1) is 13.8 Å². The number of aromatic nitrogens is 1. The van der Waals surface area contributed by atoms with Gasteiger partial charge in [-0.2, -0.15) is 0 Å². The number of benzene rings is 1. The Bertz CT molecular complexity index is 816. The first kappa shape index (κ1) is 15.6. The smallest absolute Gasteiger partial charge is 0.290 e. The lowest BCUT2D eigenvalue weighted by Crippen LogP contribution is -2.17. The Balaban J connectivity index is 2.01. The molecule has 1 N–H and O–H groups in total. The summed E-state index contributed by atoms with van der Waals surface area (Å²) in [5, 5.41) is 1.97. The Morgan fingerprint density at radius 3 is 2.43 bits per heavy atom. The minimum atomic E-state index is -0.322. The van der Waals surface area contributed by atoms with Crippen LogP contribution >= 0.6 is 11.8 Å². The molecule has 2 amide bonds. The highest BCUT2D eigenvalue weighted by atomic mass is 32.2. The molecular formula is C18H18N2O2S. The molecule has 2 aromatic rings. The van der Waals surface area contributed by atoms with Crippen LogP contribution < -0.4 is 5.32 Å². The average Bonchev–Trinajstić information content (AvgIpc) is 2.99. The average molecular weight is 326 g/mol. The number of imide groups is 1. The molecule has 118 valence electrons. The van der Waals surface area contributed by atoms with Gasteiger partial charge in [-0.25, -0.2) is 0 Å². The van der Waals surface area contributed by atoms with Gasteiger partial charge in [0.15, 0.2) is 0 Å². The molecule has 1 aromatic carbocycles. The molecule has 3 rings (SSSR count). The van der Waals surface area contributed by atoms with Crippen LogP contribution in [0.3, 0.4) is 0 Å². The summed E-state index contributed by atoms with van der Waals surface area (Å²) in [6.07, 6.45) is 2.80. The van der Waals surface area contributed by atoms with Gasteiger partial charge in [-0.05, 0) is 67.4 Å². The third-order valence-corrected chi connectivity index (χ3v) is 4.81. The van der Waals surface area contributed by atoms with Gasteiger partial charge in [0.25, 0.3) is 11.1 Å². The van der Waals surface area contributed by atoms with Crippen molar-refractivity contribution in [3.8, 4) is 5.69 Å². The number of thioether (sulfide) groups is 1. The van der Waals surface area contributed by atoms with Crippen molar-refractivity contribution in [1.82, 2.24) is 9.88 Å². The van der Waals surface area contributed by atoms with Crippen LogP contribution in [0.1, 0.15) is 29.4 Å². The van der Waals surface area contributed by atoms with E-state index in [1.807, 2.05) is 19.9 Å². The standard InChI is InChI=1S/C18H18N2O2S/c1-4-13-5-7-15(8-6-13)20-11(2)9-14(12(20)3)10-16-17(21)19-18(22)23-16/h5-10H,4H2,1-3H3,(H,19,21,22)/b16-10+. The molecule has 1 saturated heterocycles. The number of hydrogen-bond acceptors (Lipinski definition) is 3. The first-order valence-corrected chi connectivity index (χ1v) is 8.34. The third-order valence-electron chi connectivity index (χ3n) is 4.00. The van der Waals surface area contributed by atoms with Gasteiger partial charge in [-0.1, -0.05) is 19.1 Å². The maximum atomic E-state index is 11.7. The number of nitrogens with zero attached hydrogens (tertiary/aromatic N) is 1. The van der Waals surface area contributed by atoms with Gasteiger partial charge >= 0.3 is 0 Å². The molecule has 0 aliphatic carbocycles. The molecule has 0 bridgehead atoms. The predicted octanol–water partition coefficient (Wildman–Crippen LogP) is 3.98. The highest BCUT2D eigenvalue weighted by molar-refractivity contribution is 8.18. The monoisotopic (exact) mass is 326 g/mol. The number of nitrogens with one attached hydrogen (secondary N) is 1. The van der Waals surface area contributed by atoms with E-state index >= 15 is 0 Å². The zero-order chi connectivity index (χ0) is 16.6. The third kappa shape index (κ3) is 2.97. The van der Waals surface area contributed by atoms with Gasteiger partial charge in [0.1, 0.15) is 0 Å². The molecule has 1 aliphatic rings. The molecule has 0 saturated carbocycles. The molecule has 0 spiro atoms. The fraction of sp³-hybridized carbons (Fsp3) is 0.222. The van der Waals surface area contributed by atoms with E-state index in [9.17, 15) is 9.59 Å². The van der Waals surface area contributed by atoms with E-state index in [2.05, 4.69) is 41.1 Å². The summed E-state index contributed by atoms with van der Waals surface area (Å²) in [7, 11) is 0. The second-order valence-electron chi connectivity index (χ2n) is 5.53. The number of carbonyl (C=O) groups excluding carboxylic acids is 2. The maximum absolute atomic E-state index is 11.7. The Morgan fingerprint density at radius 2 is 1.87 bits per heavy atom. The fourth-order valence-corrected chi connectivity index (χ4v) is 3.45. The highest BCUT2D eigenvalue weighted by Gasteiger charge is 2.25. The number of hydrogen-bond donors (Lipinski definition) is 1. The Labute approximate surface area is 139 Å². The van der Waals surface area contributed by atoms with E-state index in [1.165, 1.54) is 5.56 Å². The number of aryl methyl sites for hydroxylation is 2. The first-order valence-electron chi connectivity index (χ1n) is 7.52. The zero-order valence-electron chi connectivity index (χ0n) is 13.3. The van der Waals surface area contributed by atoms with Gasteiger partial charge in [0.05, 0.1) is 4.91 Å². The van der Waals surface area contributed by atoms with E-state index < -0.39 is 0 Å². The van der Waals surface area contributed by atoms with Crippen molar-refractivity contribution in [2.45, 2.75) is 27.2 Å². The lowest BCUT2D eigenvalue weighted by atomic mass is 10.1. The van der Waals surface area contributed by atoms with Crippen LogP contribution in [0.2, 0.25) is 0 Å². The lowest BCUT2D eigenvalue weighted by molar-refractivity contribution is -0.115. The molecule has 2 heterocycles. The van der Waals surface area contributed by atoms with E-state index in [0.29, 0.717) is 4.91 Å². The van der Waals surface area contributed by atoms with E-state index in [-0.39, 0.29) is 11.1 Å². The molecule has 1 aromatic heterocycles. The lowest BCUT2D eigenvalue weighted by Gasteiger charge is -2.10. The molecule has 0 atom stereocenters.